The summed E-state index contributed by atoms with van der Waals surface area (Å²) < 4.78 is 0. The Morgan fingerprint density at radius 1 is 1.38 bits per heavy atom. The summed E-state index contributed by atoms with van der Waals surface area (Å²) in [4.78, 5) is 23.0. The molecule has 16 heavy (non-hydrogen) atoms. The van der Waals surface area contributed by atoms with E-state index in [1.54, 1.807) is 19.0 Å². The van der Waals surface area contributed by atoms with E-state index in [-0.39, 0.29) is 18.1 Å². The monoisotopic (exact) mass is 223 g/mol. The van der Waals surface area contributed by atoms with Crippen LogP contribution in [0.5, 0.6) is 0 Å². The second kappa shape index (κ2) is 5.22. The molecule has 0 atom stereocenters. The average molecular weight is 223 g/mol. The Morgan fingerprint density at radius 3 is 2.38 bits per heavy atom. The van der Waals surface area contributed by atoms with Crippen LogP contribution in [0.2, 0.25) is 0 Å². The summed E-state index contributed by atoms with van der Waals surface area (Å²) in [5, 5.41) is 13.0. The van der Waals surface area contributed by atoms with Gasteiger partial charge in [0.05, 0.1) is 11.5 Å². The molecular formula is C10H13N3O3. The molecule has 0 aromatic heterocycles. The number of nitro groups is 1. The number of hydrogen-bond donors (Lipinski definition) is 1. The fourth-order valence-corrected chi connectivity index (χ4v) is 1.15. The molecule has 0 unspecified atom stereocenters. The van der Waals surface area contributed by atoms with Crippen molar-refractivity contribution in [1.82, 2.24) is 4.90 Å². The molecule has 1 aromatic rings. The number of non-ortho nitro benzene ring substituents is 1. The van der Waals surface area contributed by atoms with E-state index in [1.807, 2.05) is 0 Å². The first kappa shape index (κ1) is 12.1. The zero-order valence-corrected chi connectivity index (χ0v) is 9.14. The van der Waals surface area contributed by atoms with E-state index in [2.05, 4.69) is 5.32 Å². The molecule has 6 nitrogen and oxygen atoms in total. The number of carbonyl (C=O) groups excluding carboxylic acids is 1. The Kier molecular flexibility index (Phi) is 3.96. The largest absolute Gasteiger partial charge is 0.325 e. The molecule has 6 heteroatoms. The molecule has 86 valence electrons. The van der Waals surface area contributed by atoms with Crippen molar-refractivity contribution in [1.29, 1.82) is 0 Å². The lowest BCUT2D eigenvalue weighted by atomic mass is 10.3. The van der Waals surface area contributed by atoms with Gasteiger partial charge in [-0.2, -0.15) is 0 Å². The third kappa shape index (κ3) is 3.66. The molecule has 1 amide bonds. The second-order valence-corrected chi connectivity index (χ2v) is 3.59. The molecule has 0 radical (unpaired) electrons. The summed E-state index contributed by atoms with van der Waals surface area (Å²) in [6.45, 7) is 0.275. The average Bonchev–Trinajstić information content (AvgIpc) is 2.16. The first-order valence-electron chi connectivity index (χ1n) is 4.68. The minimum absolute atomic E-state index is 0.00519. The summed E-state index contributed by atoms with van der Waals surface area (Å²) in [7, 11) is 3.57. The number of nitrogens with zero attached hydrogens (tertiary/aromatic N) is 2. The molecule has 1 aromatic carbocycles. The van der Waals surface area contributed by atoms with Crippen LogP contribution in [-0.2, 0) is 4.79 Å². The summed E-state index contributed by atoms with van der Waals surface area (Å²) in [6.07, 6.45) is 0. The van der Waals surface area contributed by atoms with Gasteiger partial charge in [0.2, 0.25) is 5.91 Å². The highest BCUT2D eigenvalue weighted by molar-refractivity contribution is 5.92. The third-order valence-corrected chi connectivity index (χ3v) is 1.82. The van der Waals surface area contributed by atoms with E-state index >= 15 is 0 Å². The van der Waals surface area contributed by atoms with E-state index in [9.17, 15) is 14.9 Å². The lowest BCUT2D eigenvalue weighted by Crippen LogP contribution is -2.27. The predicted molar refractivity (Wildman–Crippen MR) is 60.3 cm³/mol. The van der Waals surface area contributed by atoms with Gasteiger partial charge in [0.1, 0.15) is 0 Å². The summed E-state index contributed by atoms with van der Waals surface area (Å²) in [5.41, 5.74) is 0.558. The molecular weight excluding hydrogens is 210 g/mol. The number of anilines is 1. The molecule has 0 heterocycles. The van der Waals surface area contributed by atoms with Gasteiger partial charge in [-0.05, 0) is 26.2 Å². The number of carbonyl (C=O) groups is 1. The van der Waals surface area contributed by atoms with Crippen molar-refractivity contribution < 1.29 is 9.72 Å². The van der Waals surface area contributed by atoms with Gasteiger partial charge < -0.3 is 10.2 Å². The quantitative estimate of drug-likeness (QED) is 0.612. The van der Waals surface area contributed by atoms with Gasteiger partial charge in [-0.25, -0.2) is 0 Å². The zero-order chi connectivity index (χ0) is 12.1. The van der Waals surface area contributed by atoms with Crippen LogP contribution in [0, 0.1) is 10.1 Å². The van der Waals surface area contributed by atoms with Crippen LogP contribution in [0.15, 0.2) is 24.3 Å². The molecule has 1 rings (SSSR count). The maximum atomic E-state index is 11.4. The van der Waals surface area contributed by atoms with Gasteiger partial charge in [-0.15, -0.1) is 0 Å². The number of likely N-dealkylation sites (N-methyl/N-ethyl adjacent to an activating group) is 1. The van der Waals surface area contributed by atoms with E-state index in [0.717, 1.165) is 0 Å². The predicted octanol–water partition coefficient (Wildman–Crippen LogP) is 1.09. The van der Waals surface area contributed by atoms with Crippen molar-refractivity contribution in [2.24, 2.45) is 0 Å². The van der Waals surface area contributed by atoms with Crippen molar-refractivity contribution in [2.75, 3.05) is 26.0 Å². The maximum Gasteiger partial charge on any atom is 0.269 e. The Balaban J connectivity index is 2.62. The number of rotatable bonds is 4. The topological polar surface area (TPSA) is 75.5 Å². The highest BCUT2D eigenvalue weighted by Crippen LogP contribution is 2.15. The lowest BCUT2D eigenvalue weighted by molar-refractivity contribution is -0.384. The smallest absolute Gasteiger partial charge is 0.269 e. The van der Waals surface area contributed by atoms with Crippen molar-refractivity contribution in [3.05, 3.63) is 34.4 Å². The van der Waals surface area contributed by atoms with Gasteiger partial charge in [-0.1, -0.05) is 0 Å². The normalized spacial score (nSPS) is 10.2. The Labute approximate surface area is 93.0 Å². The Morgan fingerprint density at radius 2 is 1.94 bits per heavy atom. The molecule has 0 fully saturated rings. The molecule has 0 aliphatic heterocycles. The molecule has 0 saturated heterocycles. The molecule has 0 aliphatic carbocycles. The first-order chi connectivity index (χ1) is 7.49. The van der Waals surface area contributed by atoms with Gasteiger partial charge in [-0.3, -0.25) is 14.9 Å². The van der Waals surface area contributed by atoms with Crippen LogP contribution >= 0.6 is 0 Å². The van der Waals surface area contributed by atoms with Crippen molar-refractivity contribution in [3.63, 3.8) is 0 Å². The van der Waals surface area contributed by atoms with Crippen LogP contribution in [-0.4, -0.2) is 36.4 Å². The molecule has 1 N–H and O–H groups in total. The fraction of sp³-hybridized carbons (Fsp3) is 0.300. The second-order valence-electron chi connectivity index (χ2n) is 3.59. The van der Waals surface area contributed by atoms with Gasteiger partial charge in [0, 0.05) is 17.8 Å². The highest BCUT2D eigenvalue weighted by atomic mass is 16.6. The van der Waals surface area contributed by atoms with Gasteiger partial charge >= 0.3 is 0 Å². The standard InChI is InChI=1S/C10H13N3O3/c1-12(2)7-10(14)11-8-3-5-9(6-4-8)13(15)16/h3-6H,7H2,1-2H3,(H,11,14). The molecule has 0 bridgehead atoms. The maximum absolute atomic E-state index is 11.4. The minimum atomic E-state index is -0.481. The number of amides is 1. The number of hydrogen-bond acceptors (Lipinski definition) is 4. The zero-order valence-electron chi connectivity index (χ0n) is 9.14. The summed E-state index contributed by atoms with van der Waals surface area (Å²) in [6, 6.07) is 5.72. The summed E-state index contributed by atoms with van der Waals surface area (Å²) >= 11 is 0. The lowest BCUT2D eigenvalue weighted by Gasteiger charge is -2.09. The number of nitrogens with one attached hydrogen (secondary N) is 1. The fourth-order valence-electron chi connectivity index (χ4n) is 1.15. The Hall–Kier alpha value is -1.95. The third-order valence-electron chi connectivity index (χ3n) is 1.82. The van der Waals surface area contributed by atoms with E-state index in [1.165, 1.54) is 24.3 Å². The van der Waals surface area contributed by atoms with Crippen LogP contribution in [0.4, 0.5) is 11.4 Å². The molecule has 0 spiro atoms. The minimum Gasteiger partial charge on any atom is -0.325 e. The number of nitro benzene ring substituents is 1. The molecule has 0 saturated carbocycles. The van der Waals surface area contributed by atoms with Crippen molar-refractivity contribution in [3.8, 4) is 0 Å². The van der Waals surface area contributed by atoms with Crippen molar-refractivity contribution >= 4 is 17.3 Å². The van der Waals surface area contributed by atoms with Crippen LogP contribution in [0.1, 0.15) is 0 Å². The van der Waals surface area contributed by atoms with E-state index in [4.69, 9.17) is 0 Å². The Bertz CT molecular complexity index is 387. The van der Waals surface area contributed by atoms with Crippen LogP contribution in [0.3, 0.4) is 0 Å². The highest BCUT2D eigenvalue weighted by Gasteiger charge is 2.06. The van der Waals surface area contributed by atoms with E-state index < -0.39 is 4.92 Å². The van der Waals surface area contributed by atoms with Crippen LogP contribution in [0.25, 0.3) is 0 Å². The summed E-state index contributed by atoms with van der Waals surface area (Å²) in [5.74, 6) is -0.154. The molecule has 0 aliphatic rings. The van der Waals surface area contributed by atoms with E-state index in [0.29, 0.717) is 5.69 Å². The van der Waals surface area contributed by atoms with Crippen molar-refractivity contribution in [2.45, 2.75) is 0 Å². The SMILES string of the molecule is CN(C)CC(=O)Nc1ccc([N+](=O)[O-])cc1. The van der Waals surface area contributed by atoms with Gasteiger partial charge in [0.25, 0.3) is 5.69 Å². The van der Waals surface area contributed by atoms with Crippen LogP contribution < -0.4 is 5.32 Å². The number of benzene rings is 1. The first-order valence-corrected chi connectivity index (χ1v) is 4.68. The van der Waals surface area contributed by atoms with Gasteiger partial charge in [0.15, 0.2) is 0 Å².